The maximum Gasteiger partial charge on any atom is 0.338 e. The fourth-order valence-electron chi connectivity index (χ4n) is 0.626. The van der Waals surface area contributed by atoms with Gasteiger partial charge < -0.3 is 9.84 Å². The molecule has 0 saturated heterocycles. The fourth-order valence-corrected chi connectivity index (χ4v) is 0.626. The maximum absolute atomic E-state index is 10.5. The van der Waals surface area contributed by atoms with Crippen LogP contribution in [0.25, 0.3) is 0 Å². The topological polar surface area (TPSA) is 81.8 Å². The molecule has 0 aliphatic rings. The summed E-state index contributed by atoms with van der Waals surface area (Å²) in [6.45, 7) is 3.16. The van der Waals surface area contributed by atoms with Gasteiger partial charge >= 0.3 is 5.97 Å². The van der Waals surface area contributed by atoms with Gasteiger partial charge in [0.2, 0.25) is 6.10 Å². The number of ether oxygens (including phenoxy) is 1. The minimum Gasteiger partial charge on any atom is -0.479 e. The second kappa shape index (κ2) is 3.66. The van der Waals surface area contributed by atoms with Crippen molar-refractivity contribution in [1.29, 1.82) is 0 Å². The Bertz CT molecular complexity index is 146. The molecule has 0 aromatic heterocycles. The fraction of sp³-hybridized carbons (Fsp3) is 0.833. The van der Waals surface area contributed by atoms with E-state index in [-0.39, 0.29) is 0 Å². The van der Waals surface area contributed by atoms with Crippen molar-refractivity contribution in [2.75, 3.05) is 7.11 Å². The molecule has 11 heavy (non-hydrogen) atoms. The van der Waals surface area contributed by atoms with Gasteiger partial charge in [-0.05, 0) is 13.8 Å². The van der Waals surface area contributed by atoms with Crippen LogP contribution in [0.3, 0.4) is 0 Å². The summed E-state index contributed by atoms with van der Waals surface area (Å²) in [6, 6.07) is 0. The van der Waals surface area contributed by atoms with Crippen molar-refractivity contribution < 1.29 is 19.5 Å². The molecular formula is C6H13NO4. The van der Waals surface area contributed by atoms with Gasteiger partial charge in [0, 0.05) is 7.11 Å². The molecular weight excluding hydrogens is 150 g/mol. The number of nitrogens with two attached hydrogens (primary N) is 1. The van der Waals surface area contributed by atoms with E-state index in [1.165, 1.54) is 7.11 Å². The summed E-state index contributed by atoms with van der Waals surface area (Å²) < 4.78 is 4.87. The molecule has 0 spiro atoms. The molecule has 3 N–H and O–H groups in total. The molecule has 0 saturated carbocycles. The standard InChI is InChI=1S/C6H13NO4/c1-6(2,10-3)4(11-7)5(8)9/h4H,7H2,1-3H3,(H,8,9). The summed E-state index contributed by atoms with van der Waals surface area (Å²) in [4.78, 5) is 14.7. The third-order valence-electron chi connectivity index (χ3n) is 1.52. The summed E-state index contributed by atoms with van der Waals surface area (Å²) >= 11 is 0. The van der Waals surface area contributed by atoms with Crippen LogP contribution in [0.2, 0.25) is 0 Å². The van der Waals surface area contributed by atoms with E-state index < -0.39 is 17.7 Å². The van der Waals surface area contributed by atoms with Crippen molar-refractivity contribution >= 4 is 5.97 Å². The van der Waals surface area contributed by atoms with Crippen LogP contribution in [0.5, 0.6) is 0 Å². The van der Waals surface area contributed by atoms with Crippen molar-refractivity contribution in [3.8, 4) is 0 Å². The number of carboxylic acid groups (broad SMARTS) is 1. The van der Waals surface area contributed by atoms with Crippen molar-refractivity contribution in [2.24, 2.45) is 5.90 Å². The van der Waals surface area contributed by atoms with Gasteiger partial charge in [-0.3, -0.25) is 4.84 Å². The first-order valence-electron chi connectivity index (χ1n) is 3.09. The summed E-state index contributed by atoms with van der Waals surface area (Å²) in [6.07, 6.45) is -1.15. The van der Waals surface area contributed by atoms with E-state index in [2.05, 4.69) is 4.84 Å². The smallest absolute Gasteiger partial charge is 0.338 e. The quantitative estimate of drug-likeness (QED) is 0.559. The molecule has 5 heteroatoms. The molecule has 0 radical (unpaired) electrons. The lowest BCUT2D eigenvalue weighted by atomic mass is 10.0. The lowest BCUT2D eigenvalue weighted by Gasteiger charge is -2.27. The Kier molecular flexibility index (Phi) is 3.44. The second-order valence-corrected chi connectivity index (χ2v) is 2.66. The molecule has 0 bridgehead atoms. The highest BCUT2D eigenvalue weighted by Gasteiger charge is 2.36. The summed E-state index contributed by atoms with van der Waals surface area (Å²) in [5.74, 6) is 3.64. The van der Waals surface area contributed by atoms with Crippen molar-refractivity contribution in [1.82, 2.24) is 0 Å². The van der Waals surface area contributed by atoms with Crippen LogP contribution in [0.15, 0.2) is 0 Å². The van der Waals surface area contributed by atoms with E-state index in [1.807, 2.05) is 0 Å². The molecule has 0 rings (SSSR count). The van der Waals surface area contributed by atoms with E-state index in [0.29, 0.717) is 0 Å². The Hall–Kier alpha value is -0.650. The van der Waals surface area contributed by atoms with Crippen LogP contribution < -0.4 is 5.90 Å². The Balaban J connectivity index is 4.36. The van der Waals surface area contributed by atoms with Gasteiger partial charge in [-0.25, -0.2) is 10.7 Å². The molecule has 0 amide bonds. The zero-order valence-corrected chi connectivity index (χ0v) is 6.83. The molecule has 0 fully saturated rings. The van der Waals surface area contributed by atoms with Crippen LogP contribution in [0, 0.1) is 0 Å². The third-order valence-corrected chi connectivity index (χ3v) is 1.52. The molecule has 5 nitrogen and oxygen atoms in total. The number of carbonyl (C=O) groups is 1. The van der Waals surface area contributed by atoms with Gasteiger partial charge in [0.25, 0.3) is 0 Å². The number of hydrogen-bond donors (Lipinski definition) is 2. The second-order valence-electron chi connectivity index (χ2n) is 2.66. The maximum atomic E-state index is 10.5. The Morgan fingerprint density at radius 3 is 2.18 bits per heavy atom. The predicted octanol–water partition coefficient (Wildman–Crippen LogP) is -0.245. The van der Waals surface area contributed by atoms with Crippen LogP contribution in [-0.2, 0) is 14.4 Å². The average molecular weight is 163 g/mol. The minimum atomic E-state index is -1.15. The van der Waals surface area contributed by atoms with E-state index in [0.717, 1.165) is 0 Å². The average Bonchev–Trinajstić information content (AvgIpc) is 1.88. The normalized spacial score (nSPS) is 14.5. The minimum absolute atomic E-state index is 0.916. The van der Waals surface area contributed by atoms with E-state index in [4.69, 9.17) is 15.7 Å². The first-order chi connectivity index (χ1) is 4.95. The van der Waals surface area contributed by atoms with E-state index in [1.54, 1.807) is 13.8 Å². The van der Waals surface area contributed by atoms with Gasteiger partial charge in [0.15, 0.2) is 0 Å². The molecule has 0 aromatic rings. The lowest BCUT2D eigenvalue weighted by Crippen LogP contribution is -2.47. The Labute approximate surface area is 65.0 Å². The highest BCUT2D eigenvalue weighted by atomic mass is 16.7. The summed E-state index contributed by atoms with van der Waals surface area (Å²) in [7, 11) is 1.40. The number of rotatable bonds is 4. The number of methoxy groups -OCH3 is 1. The molecule has 0 heterocycles. The summed E-state index contributed by atoms with van der Waals surface area (Å²) in [5, 5.41) is 8.55. The summed E-state index contributed by atoms with van der Waals surface area (Å²) in [5.41, 5.74) is -0.916. The first-order valence-corrected chi connectivity index (χ1v) is 3.09. The van der Waals surface area contributed by atoms with E-state index in [9.17, 15) is 4.79 Å². The predicted molar refractivity (Wildman–Crippen MR) is 37.8 cm³/mol. The lowest BCUT2D eigenvalue weighted by molar-refractivity contribution is -0.172. The monoisotopic (exact) mass is 163 g/mol. The Morgan fingerprint density at radius 1 is 1.64 bits per heavy atom. The number of hydrogen-bond acceptors (Lipinski definition) is 4. The molecule has 0 aromatic carbocycles. The first kappa shape index (κ1) is 10.3. The number of aliphatic carboxylic acids is 1. The molecule has 0 aliphatic heterocycles. The van der Waals surface area contributed by atoms with Gasteiger partial charge in [-0.1, -0.05) is 0 Å². The molecule has 1 atom stereocenters. The zero-order valence-electron chi connectivity index (χ0n) is 6.83. The van der Waals surface area contributed by atoms with Crippen molar-refractivity contribution in [3.63, 3.8) is 0 Å². The zero-order chi connectivity index (χ0) is 9.07. The molecule has 1 unspecified atom stereocenters. The van der Waals surface area contributed by atoms with Crippen LogP contribution in [0.4, 0.5) is 0 Å². The van der Waals surface area contributed by atoms with Gasteiger partial charge in [-0.15, -0.1) is 0 Å². The highest BCUT2D eigenvalue weighted by molar-refractivity contribution is 5.73. The van der Waals surface area contributed by atoms with E-state index >= 15 is 0 Å². The van der Waals surface area contributed by atoms with Crippen LogP contribution >= 0.6 is 0 Å². The SMILES string of the molecule is COC(C)(C)C(ON)C(=O)O. The van der Waals surface area contributed by atoms with Crippen molar-refractivity contribution in [3.05, 3.63) is 0 Å². The third kappa shape index (κ3) is 2.45. The van der Waals surface area contributed by atoms with Gasteiger partial charge in [0.1, 0.15) is 5.60 Å². The van der Waals surface area contributed by atoms with Crippen LogP contribution in [0.1, 0.15) is 13.8 Å². The van der Waals surface area contributed by atoms with Gasteiger partial charge in [-0.2, -0.15) is 0 Å². The molecule has 0 aliphatic carbocycles. The number of carboxylic acids is 1. The van der Waals surface area contributed by atoms with Crippen LogP contribution in [-0.4, -0.2) is 29.9 Å². The Morgan fingerprint density at radius 2 is 2.09 bits per heavy atom. The largest absolute Gasteiger partial charge is 0.479 e. The molecule has 66 valence electrons. The van der Waals surface area contributed by atoms with Gasteiger partial charge in [0.05, 0.1) is 0 Å². The highest BCUT2D eigenvalue weighted by Crippen LogP contribution is 2.15. The van der Waals surface area contributed by atoms with Crippen molar-refractivity contribution in [2.45, 2.75) is 25.6 Å².